The van der Waals surface area contributed by atoms with E-state index in [1.165, 1.54) is 17.3 Å². The van der Waals surface area contributed by atoms with Crippen molar-refractivity contribution in [1.29, 1.82) is 0 Å². The van der Waals surface area contributed by atoms with Crippen LogP contribution in [0.5, 0.6) is 0 Å². The molecule has 116 valence electrons. The molecule has 0 unspecified atom stereocenters. The van der Waals surface area contributed by atoms with Crippen molar-refractivity contribution in [1.82, 2.24) is 14.9 Å². The van der Waals surface area contributed by atoms with E-state index in [0.717, 1.165) is 36.5 Å². The second-order valence-electron chi connectivity index (χ2n) is 5.38. The summed E-state index contributed by atoms with van der Waals surface area (Å²) in [5.41, 5.74) is 8.50. The Balaban J connectivity index is 1.74. The number of aromatic amines is 1. The minimum Gasteiger partial charge on any atom is -0.330 e. The molecule has 0 spiro atoms. The maximum Gasteiger partial charge on any atom is 0.256 e. The quantitative estimate of drug-likeness (QED) is 0.644. The summed E-state index contributed by atoms with van der Waals surface area (Å²) in [6.07, 6.45) is 0.822. The SMILES string of the molecule is NCCSc1nc2c(c(=O)[nH]1)CN(Cc1ccccc1)CC2. The summed E-state index contributed by atoms with van der Waals surface area (Å²) in [6.45, 7) is 3.04. The summed E-state index contributed by atoms with van der Waals surface area (Å²) in [6, 6.07) is 10.3. The smallest absolute Gasteiger partial charge is 0.256 e. The van der Waals surface area contributed by atoms with Crippen molar-refractivity contribution in [2.45, 2.75) is 24.7 Å². The Bertz CT molecular complexity index is 686. The Kier molecular flexibility index (Phi) is 4.92. The van der Waals surface area contributed by atoms with Crippen LogP contribution in [0, 0.1) is 0 Å². The number of fused-ring (bicyclic) bond motifs is 1. The Morgan fingerprint density at radius 3 is 2.91 bits per heavy atom. The molecular formula is C16H20N4OS. The lowest BCUT2D eigenvalue weighted by atomic mass is 10.1. The molecule has 0 aliphatic carbocycles. The molecule has 0 saturated carbocycles. The fourth-order valence-corrected chi connectivity index (χ4v) is 3.31. The van der Waals surface area contributed by atoms with E-state index in [-0.39, 0.29) is 5.56 Å². The van der Waals surface area contributed by atoms with Crippen LogP contribution < -0.4 is 11.3 Å². The molecule has 0 radical (unpaired) electrons. The fraction of sp³-hybridized carbons (Fsp3) is 0.375. The van der Waals surface area contributed by atoms with Gasteiger partial charge in [-0.25, -0.2) is 4.98 Å². The summed E-state index contributed by atoms with van der Waals surface area (Å²) in [4.78, 5) is 22.0. The molecule has 1 aromatic heterocycles. The van der Waals surface area contributed by atoms with Gasteiger partial charge in [-0.2, -0.15) is 0 Å². The molecule has 1 aliphatic heterocycles. The first-order chi connectivity index (χ1) is 10.8. The first-order valence-electron chi connectivity index (χ1n) is 7.47. The van der Waals surface area contributed by atoms with Gasteiger partial charge >= 0.3 is 0 Å². The van der Waals surface area contributed by atoms with Crippen LogP contribution in [0.3, 0.4) is 0 Å². The predicted octanol–water partition coefficient (Wildman–Crippen LogP) is 1.38. The summed E-state index contributed by atoms with van der Waals surface area (Å²) >= 11 is 1.51. The van der Waals surface area contributed by atoms with E-state index < -0.39 is 0 Å². The van der Waals surface area contributed by atoms with Gasteiger partial charge in [0.05, 0.1) is 11.3 Å². The monoisotopic (exact) mass is 316 g/mol. The lowest BCUT2D eigenvalue weighted by molar-refractivity contribution is 0.241. The lowest BCUT2D eigenvalue weighted by Crippen LogP contribution is -2.35. The van der Waals surface area contributed by atoms with Crippen molar-refractivity contribution in [3.63, 3.8) is 0 Å². The average Bonchev–Trinajstić information content (AvgIpc) is 2.54. The van der Waals surface area contributed by atoms with Gasteiger partial charge in [0.15, 0.2) is 5.16 Å². The summed E-state index contributed by atoms with van der Waals surface area (Å²) in [5.74, 6) is 0.766. The highest BCUT2D eigenvalue weighted by atomic mass is 32.2. The maximum absolute atomic E-state index is 12.3. The zero-order valence-corrected chi connectivity index (χ0v) is 13.2. The van der Waals surface area contributed by atoms with Gasteiger partial charge in [0, 0.05) is 38.4 Å². The van der Waals surface area contributed by atoms with Gasteiger partial charge in [-0.05, 0) is 5.56 Å². The molecule has 0 fully saturated rings. The standard InChI is InChI=1S/C16H20N4OS/c17-7-9-22-16-18-14-6-8-20(11-13(14)15(21)19-16)10-12-4-2-1-3-5-12/h1-5H,6-11,17H2,(H,18,19,21). The maximum atomic E-state index is 12.3. The second-order valence-corrected chi connectivity index (χ2v) is 6.46. The van der Waals surface area contributed by atoms with Crippen LogP contribution >= 0.6 is 11.8 Å². The number of nitrogens with zero attached hydrogens (tertiary/aromatic N) is 2. The zero-order valence-electron chi connectivity index (χ0n) is 12.4. The second kappa shape index (κ2) is 7.09. The number of H-pyrrole nitrogens is 1. The van der Waals surface area contributed by atoms with E-state index >= 15 is 0 Å². The van der Waals surface area contributed by atoms with E-state index in [4.69, 9.17) is 5.73 Å². The van der Waals surface area contributed by atoms with Crippen molar-refractivity contribution < 1.29 is 0 Å². The third-order valence-corrected chi connectivity index (χ3v) is 4.64. The fourth-order valence-electron chi connectivity index (χ4n) is 2.66. The van der Waals surface area contributed by atoms with Crippen LogP contribution in [0.25, 0.3) is 0 Å². The molecule has 1 aromatic carbocycles. The number of rotatable bonds is 5. The van der Waals surface area contributed by atoms with Crippen LogP contribution in [-0.2, 0) is 19.5 Å². The number of benzene rings is 1. The Morgan fingerprint density at radius 1 is 1.32 bits per heavy atom. The molecule has 6 heteroatoms. The first kappa shape index (κ1) is 15.3. The number of nitrogens with one attached hydrogen (secondary N) is 1. The summed E-state index contributed by atoms with van der Waals surface area (Å²) < 4.78 is 0. The van der Waals surface area contributed by atoms with E-state index in [0.29, 0.717) is 18.2 Å². The van der Waals surface area contributed by atoms with Crippen molar-refractivity contribution in [2.75, 3.05) is 18.8 Å². The third-order valence-electron chi connectivity index (χ3n) is 3.73. The zero-order chi connectivity index (χ0) is 15.4. The van der Waals surface area contributed by atoms with Crippen LogP contribution in [0.4, 0.5) is 0 Å². The molecule has 2 heterocycles. The topological polar surface area (TPSA) is 75.0 Å². The van der Waals surface area contributed by atoms with Gasteiger partial charge in [-0.15, -0.1) is 0 Å². The molecule has 3 rings (SSSR count). The lowest BCUT2D eigenvalue weighted by Gasteiger charge is -2.27. The van der Waals surface area contributed by atoms with E-state index in [9.17, 15) is 4.79 Å². The van der Waals surface area contributed by atoms with Crippen molar-refractivity contribution in [2.24, 2.45) is 5.73 Å². The van der Waals surface area contributed by atoms with Gasteiger partial charge < -0.3 is 10.7 Å². The molecule has 5 nitrogen and oxygen atoms in total. The highest BCUT2D eigenvalue weighted by Gasteiger charge is 2.21. The van der Waals surface area contributed by atoms with Crippen LogP contribution in [0.1, 0.15) is 16.8 Å². The molecule has 1 aliphatic rings. The molecule has 2 aromatic rings. The van der Waals surface area contributed by atoms with Crippen LogP contribution in [-0.4, -0.2) is 33.7 Å². The van der Waals surface area contributed by atoms with Gasteiger partial charge in [-0.3, -0.25) is 9.69 Å². The molecule has 0 atom stereocenters. The molecule has 0 amide bonds. The number of thioether (sulfide) groups is 1. The first-order valence-corrected chi connectivity index (χ1v) is 8.46. The largest absolute Gasteiger partial charge is 0.330 e. The molecular weight excluding hydrogens is 296 g/mol. The van der Waals surface area contributed by atoms with E-state index in [2.05, 4.69) is 27.0 Å². The van der Waals surface area contributed by atoms with E-state index in [1.54, 1.807) is 0 Å². The van der Waals surface area contributed by atoms with Gasteiger partial charge in [0.1, 0.15) is 0 Å². The van der Waals surface area contributed by atoms with Crippen molar-refractivity contribution >= 4 is 11.8 Å². The van der Waals surface area contributed by atoms with Gasteiger partial charge in [0.25, 0.3) is 5.56 Å². The van der Waals surface area contributed by atoms with Gasteiger partial charge in [-0.1, -0.05) is 42.1 Å². The highest BCUT2D eigenvalue weighted by Crippen LogP contribution is 2.19. The highest BCUT2D eigenvalue weighted by molar-refractivity contribution is 7.99. The van der Waals surface area contributed by atoms with E-state index in [1.807, 2.05) is 18.2 Å². The van der Waals surface area contributed by atoms with Crippen molar-refractivity contribution in [3.05, 3.63) is 57.5 Å². The number of nitrogens with two attached hydrogens (primary N) is 1. The molecule has 22 heavy (non-hydrogen) atoms. The molecule has 0 bridgehead atoms. The number of aromatic nitrogens is 2. The number of hydrogen-bond acceptors (Lipinski definition) is 5. The minimum absolute atomic E-state index is 0.0118. The minimum atomic E-state index is -0.0118. The van der Waals surface area contributed by atoms with Crippen LogP contribution in [0.2, 0.25) is 0 Å². The summed E-state index contributed by atoms with van der Waals surface area (Å²) in [7, 11) is 0. The van der Waals surface area contributed by atoms with Gasteiger partial charge in [0.2, 0.25) is 0 Å². The summed E-state index contributed by atoms with van der Waals surface area (Å²) in [5, 5.41) is 0.686. The normalized spacial score (nSPS) is 14.8. The molecule has 3 N–H and O–H groups in total. The van der Waals surface area contributed by atoms with Crippen molar-refractivity contribution in [3.8, 4) is 0 Å². The average molecular weight is 316 g/mol. The number of hydrogen-bond donors (Lipinski definition) is 2. The predicted molar refractivity (Wildman–Crippen MR) is 88.9 cm³/mol. The Labute approximate surface area is 133 Å². The Hall–Kier alpha value is -1.63. The molecule has 0 saturated heterocycles. The Morgan fingerprint density at radius 2 is 2.14 bits per heavy atom. The third kappa shape index (κ3) is 3.58. The van der Waals surface area contributed by atoms with Crippen LogP contribution in [0.15, 0.2) is 40.3 Å².